The van der Waals surface area contributed by atoms with E-state index in [1.54, 1.807) is 0 Å². The molecule has 1 aromatic rings. The van der Waals surface area contributed by atoms with Crippen LogP contribution in [0.25, 0.3) is 0 Å². The molecule has 4 heteroatoms. The van der Waals surface area contributed by atoms with Crippen LogP contribution in [0, 0.1) is 5.82 Å². The predicted molar refractivity (Wildman–Crippen MR) is 52.3 cm³/mol. The van der Waals surface area contributed by atoms with Crippen molar-refractivity contribution in [3.8, 4) is 5.75 Å². The minimum absolute atomic E-state index is 0.187. The van der Waals surface area contributed by atoms with E-state index in [4.69, 9.17) is 9.47 Å². The smallest absolute Gasteiger partial charge is 0.125 e. The standard InChI is InChI=1S/C11H13FO3/c1-14-10-3-2-8(12)6-9(10)11(13)4-5-15-7-11/h2-3,6,13H,4-5,7H2,1H3. The van der Waals surface area contributed by atoms with Gasteiger partial charge in [-0.15, -0.1) is 0 Å². The maximum Gasteiger partial charge on any atom is 0.125 e. The number of benzene rings is 1. The van der Waals surface area contributed by atoms with Crippen LogP contribution in [-0.4, -0.2) is 25.4 Å². The summed E-state index contributed by atoms with van der Waals surface area (Å²) in [5.41, 5.74) is -0.657. The topological polar surface area (TPSA) is 38.7 Å². The molecule has 0 aliphatic carbocycles. The fourth-order valence-electron chi connectivity index (χ4n) is 1.81. The lowest BCUT2D eigenvalue weighted by atomic mass is 9.92. The summed E-state index contributed by atoms with van der Waals surface area (Å²) in [4.78, 5) is 0. The first kappa shape index (κ1) is 10.4. The first-order chi connectivity index (χ1) is 7.15. The van der Waals surface area contributed by atoms with E-state index in [0.717, 1.165) is 0 Å². The highest BCUT2D eigenvalue weighted by molar-refractivity contribution is 5.39. The van der Waals surface area contributed by atoms with Crippen molar-refractivity contribution < 1.29 is 19.0 Å². The summed E-state index contributed by atoms with van der Waals surface area (Å²) in [6, 6.07) is 4.12. The third-order valence-corrected chi connectivity index (χ3v) is 2.66. The quantitative estimate of drug-likeness (QED) is 0.806. The van der Waals surface area contributed by atoms with Gasteiger partial charge in [0.15, 0.2) is 0 Å². The Bertz CT molecular complexity index is 359. The maximum absolute atomic E-state index is 13.1. The normalized spacial score (nSPS) is 25.5. The summed E-state index contributed by atoms with van der Waals surface area (Å²) in [6.45, 7) is 0.670. The van der Waals surface area contributed by atoms with Gasteiger partial charge in [0.1, 0.15) is 17.2 Å². The van der Waals surface area contributed by atoms with Gasteiger partial charge < -0.3 is 14.6 Å². The molecule has 0 aromatic heterocycles. The molecule has 1 aromatic carbocycles. The van der Waals surface area contributed by atoms with Crippen molar-refractivity contribution in [2.24, 2.45) is 0 Å². The van der Waals surface area contributed by atoms with Gasteiger partial charge in [-0.2, -0.15) is 0 Å². The number of halogens is 1. The van der Waals surface area contributed by atoms with Gasteiger partial charge in [-0.1, -0.05) is 0 Å². The Labute approximate surface area is 87.4 Å². The fourth-order valence-corrected chi connectivity index (χ4v) is 1.81. The summed E-state index contributed by atoms with van der Waals surface area (Å²) in [6.07, 6.45) is 0.465. The molecule has 0 spiro atoms. The van der Waals surface area contributed by atoms with Crippen LogP contribution in [0.15, 0.2) is 18.2 Å². The molecule has 2 rings (SSSR count). The molecule has 3 nitrogen and oxygen atoms in total. The Balaban J connectivity index is 2.44. The van der Waals surface area contributed by atoms with Crippen molar-refractivity contribution in [2.45, 2.75) is 12.0 Å². The Morgan fingerprint density at radius 2 is 2.33 bits per heavy atom. The maximum atomic E-state index is 13.1. The van der Waals surface area contributed by atoms with Gasteiger partial charge in [-0.3, -0.25) is 0 Å². The first-order valence-corrected chi connectivity index (χ1v) is 4.80. The molecule has 1 unspecified atom stereocenters. The lowest BCUT2D eigenvalue weighted by Gasteiger charge is -2.23. The van der Waals surface area contributed by atoms with Crippen molar-refractivity contribution >= 4 is 0 Å². The van der Waals surface area contributed by atoms with E-state index in [9.17, 15) is 9.50 Å². The number of aliphatic hydroxyl groups is 1. The van der Waals surface area contributed by atoms with Gasteiger partial charge in [0, 0.05) is 18.6 Å². The molecule has 0 amide bonds. The highest BCUT2D eigenvalue weighted by Gasteiger charge is 2.36. The largest absolute Gasteiger partial charge is 0.496 e. The van der Waals surface area contributed by atoms with E-state index in [1.165, 1.54) is 25.3 Å². The van der Waals surface area contributed by atoms with Crippen LogP contribution in [0.4, 0.5) is 4.39 Å². The van der Waals surface area contributed by atoms with Gasteiger partial charge in [-0.05, 0) is 18.2 Å². The molecule has 1 saturated heterocycles. The fraction of sp³-hybridized carbons (Fsp3) is 0.455. The highest BCUT2D eigenvalue weighted by atomic mass is 19.1. The second-order valence-corrected chi connectivity index (χ2v) is 3.68. The van der Waals surface area contributed by atoms with Crippen LogP contribution in [0.5, 0.6) is 5.75 Å². The van der Waals surface area contributed by atoms with E-state index in [0.29, 0.717) is 24.3 Å². The number of hydrogen-bond acceptors (Lipinski definition) is 3. The predicted octanol–water partition coefficient (Wildman–Crippen LogP) is 1.44. The molecule has 82 valence electrons. The van der Waals surface area contributed by atoms with E-state index in [-0.39, 0.29) is 12.4 Å². The highest BCUT2D eigenvalue weighted by Crippen LogP contribution is 2.36. The number of hydrogen-bond donors (Lipinski definition) is 1. The Hall–Kier alpha value is -1.13. The lowest BCUT2D eigenvalue weighted by molar-refractivity contribution is 0.0209. The van der Waals surface area contributed by atoms with Crippen molar-refractivity contribution in [1.82, 2.24) is 0 Å². The Morgan fingerprint density at radius 3 is 2.93 bits per heavy atom. The van der Waals surface area contributed by atoms with Crippen LogP contribution in [0.1, 0.15) is 12.0 Å². The zero-order valence-corrected chi connectivity index (χ0v) is 8.50. The molecule has 0 saturated carbocycles. The van der Waals surface area contributed by atoms with Gasteiger partial charge in [0.05, 0.1) is 13.7 Å². The second kappa shape index (κ2) is 3.79. The summed E-state index contributed by atoms with van der Waals surface area (Å²) in [5.74, 6) is 0.107. The molecule has 1 fully saturated rings. The van der Waals surface area contributed by atoms with Crippen LogP contribution in [0.2, 0.25) is 0 Å². The van der Waals surface area contributed by atoms with Crippen molar-refractivity contribution in [3.05, 3.63) is 29.6 Å². The first-order valence-electron chi connectivity index (χ1n) is 4.80. The van der Waals surface area contributed by atoms with E-state index in [1.807, 2.05) is 0 Å². The molecule has 15 heavy (non-hydrogen) atoms. The van der Waals surface area contributed by atoms with Crippen LogP contribution < -0.4 is 4.74 Å². The van der Waals surface area contributed by atoms with Crippen LogP contribution in [-0.2, 0) is 10.3 Å². The van der Waals surface area contributed by atoms with Crippen LogP contribution in [0.3, 0.4) is 0 Å². The minimum Gasteiger partial charge on any atom is -0.496 e. The molecular formula is C11H13FO3. The SMILES string of the molecule is COc1ccc(F)cc1C1(O)CCOC1. The Kier molecular flexibility index (Phi) is 2.63. The minimum atomic E-state index is -1.12. The molecule has 1 aliphatic heterocycles. The van der Waals surface area contributed by atoms with E-state index in [2.05, 4.69) is 0 Å². The molecule has 0 radical (unpaired) electrons. The summed E-state index contributed by atoms with van der Waals surface area (Å²) in [7, 11) is 1.50. The van der Waals surface area contributed by atoms with Gasteiger partial charge in [0.25, 0.3) is 0 Å². The van der Waals surface area contributed by atoms with Crippen molar-refractivity contribution in [1.29, 1.82) is 0 Å². The summed E-state index contributed by atoms with van der Waals surface area (Å²) >= 11 is 0. The van der Waals surface area contributed by atoms with Crippen molar-refractivity contribution in [2.75, 3.05) is 20.3 Å². The zero-order chi connectivity index (χ0) is 10.9. The van der Waals surface area contributed by atoms with Gasteiger partial charge >= 0.3 is 0 Å². The van der Waals surface area contributed by atoms with E-state index < -0.39 is 5.60 Å². The average molecular weight is 212 g/mol. The third kappa shape index (κ3) is 1.82. The molecule has 0 bridgehead atoms. The number of methoxy groups -OCH3 is 1. The van der Waals surface area contributed by atoms with Crippen molar-refractivity contribution in [3.63, 3.8) is 0 Å². The molecule has 1 aliphatic rings. The van der Waals surface area contributed by atoms with Crippen LogP contribution >= 0.6 is 0 Å². The molecular weight excluding hydrogens is 199 g/mol. The lowest BCUT2D eigenvalue weighted by Crippen LogP contribution is -2.26. The average Bonchev–Trinajstić information content (AvgIpc) is 2.66. The number of rotatable bonds is 2. The Morgan fingerprint density at radius 1 is 1.53 bits per heavy atom. The van der Waals surface area contributed by atoms with Gasteiger partial charge in [-0.25, -0.2) is 4.39 Å². The second-order valence-electron chi connectivity index (χ2n) is 3.68. The number of ether oxygens (including phenoxy) is 2. The molecule has 1 atom stereocenters. The third-order valence-electron chi connectivity index (χ3n) is 2.66. The molecule has 1 heterocycles. The summed E-state index contributed by atoms with van der Waals surface area (Å²) in [5, 5.41) is 10.2. The van der Waals surface area contributed by atoms with Gasteiger partial charge in [0.2, 0.25) is 0 Å². The molecule has 1 N–H and O–H groups in total. The zero-order valence-electron chi connectivity index (χ0n) is 8.50. The summed E-state index contributed by atoms with van der Waals surface area (Å²) < 4.78 is 23.3. The monoisotopic (exact) mass is 212 g/mol. The van der Waals surface area contributed by atoms with E-state index >= 15 is 0 Å².